The number of aromatic nitrogens is 1. The van der Waals surface area contributed by atoms with E-state index in [1.165, 1.54) is 0 Å². The number of carbonyl (C=O) groups is 1. The van der Waals surface area contributed by atoms with E-state index in [0.717, 1.165) is 35.0 Å². The van der Waals surface area contributed by atoms with Gasteiger partial charge in [0.1, 0.15) is 12.4 Å². The summed E-state index contributed by atoms with van der Waals surface area (Å²) >= 11 is 12.4. The molecule has 0 fully saturated rings. The first-order valence-electron chi connectivity index (χ1n) is 9.40. The van der Waals surface area contributed by atoms with Gasteiger partial charge < -0.3 is 16.6 Å². The molecule has 4 rings (SSSR count). The van der Waals surface area contributed by atoms with Crippen molar-refractivity contribution in [3.63, 3.8) is 0 Å². The smallest absolute Gasteiger partial charge is 1.00 e. The summed E-state index contributed by atoms with van der Waals surface area (Å²) in [5.41, 5.74) is 3.42. The van der Waals surface area contributed by atoms with Crippen LogP contribution in [0.4, 0.5) is 11.4 Å². The Balaban J connectivity index is 0.000000842. The maximum absolute atomic E-state index is 9.00. The zero-order valence-corrected chi connectivity index (χ0v) is 21.2. The minimum atomic E-state index is -0.833. The zero-order valence-electron chi connectivity index (χ0n) is 18.7. The molecule has 0 aliphatic heterocycles. The van der Waals surface area contributed by atoms with E-state index in [1.54, 1.807) is 12.1 Å². The van der Waals surface area contributed by atoms with Crippen molar-refractivity contribution in [2.45, 2.75) is 13.5 Å². The Labute approximate surface area is 220 Å². The number of para-hydroxylation sites is 2. The molecule has 0 aliphatic carbocycles. The van der Waals surface area contributed by atoms with Gasteiger partial charge in [-0.15, -0.1) is 0 Å². The van der Waals surface area contributed by atoms with E-state index in [4.69, 9.17) is 37.8 Å². The van der Waals surface area contributed by atoms with Crippen LogP contribution in [0, 0.1) is 0 Å². The standard InChI is InChI=1S/C22H16Cl2N2O.C2H4O2.Na.H/c23-19-5-3-6-20(24)22(19)26-16-10-12-18(13-11-16)27-14-17-9-8-15-4-1-2-7-21(15)25-17;1-2(3)4;;/h1-13,26H,14H2;1H3,(H,3,4);;/q;;+1;-1. The summed E-state index contributed by atoms with van der Waals surface area (Å²) in [7, 11) is 0. The van der Waals surface area contributed by atoms with E-state index < -0.39 is 5.97 Å². The van der Waals surface area contributed by atoms with Crippen LogP contribution in [-0.4, -0.2) is 16.1 Å². The van der Waals surface area contributed by atoms with Gasteiger partial charge in [0.15, 0.2) is 0 Å². The summed E-state index contributed by atoms with van der Waals surface area (Å²) in [6.45, 7) is 1.49. The quantitative estimate of drug-likeness (QED) is 0.423. The monoisotopic (exact) mass is 478 g/mol. The molecule has 0 aliphatic rings. The molecule has 0 spiro atoms. The van der Waals surface area contributed by atoms with E-state index in [-0.39, 0.29) is 31.0 Å². The molecular formula is C24H21Cl2N2NaO3. The molecule has 0 bridgehead atoms. The van der Waals surface area contributed by atoms with Gasteiger partial charge in [0, 0.05) is 18.0 Å². The summed E-state index contributed by atoms with van der Waals surface area (Å²) < 4.78 is 5.85. The van der Waals surface area contributed by atoms with Gasteiger partial charge in [-0.05, 0) is 48.5 Å². The first kappa shape index (κ1) is 26.0. The molecule has 2 N–H and O–H groups in total. The first-order chi connectivity index (χ1) is 14.9. The topological polar surface area (TPSA) is 71.5 Å². The number of fused-ring (bicyclic) bond motifs is 1. The predicted octanol–water partition coefficient (Wildman–Crippen LogP) is 4.07. The minimum Gasteiger partial charge on any atom is -1.00 e. The van der Waals surface area contributed by atoms with Crippen LogP contribution in [0.2, 0.25) is 10.0 Å². The molecule has 0 atom stereocenters. The van der Waals surface area contributed by atoms with Gasteiger partial charge in [-0.3, -0.25) is 4.79 Å². The fraction of sp³-hybridized carbons (Fsp3) is 0.0833. The van der Waals surface area contributed by atoms with E-state index >= 15 is 0 Å². The molecule has 0 saturated heterocycles. The van der Waals surface area contributed by atoms with Gasteiger partial charge in [-0.1, -0.05) is 53.5 Å². The van der Waals surface area contributed by atoms with Crippen LogP contribution in [0.3, 0.4) is 0 Å². The fourth-order valence-electron chi connectivity index (χ4n) is 2.74. The molecule has 4 aromatic rings. The van der Waals surface area contributed by atoms with Crippen LogP contribution in [0.25, 0.3) is 10.9 Å². The molecule has 0 radical (unpaired) electrons. The molecule has 8 heteroatoms. The van der Waals surface area contributed by atoms with Crippen molar-refractivity contribution >= 4 is 51.4 Å². The van der Waals surface area contributed by atoms with Gasteiger partial charge in [-0.2, -0.15) is 0 Å². The van der Waals surface area contributed by atoms with E-state index in [0.29, 0.717) is 22.3 Å². The second-order valence-corrected chi connectivity index (χ2v) is 7.36. The average Bonchev–Trinajstić information content (AvgIpc) is 2.75. The number of hydrogen-bond acceptors (Lipinski definition) is 4. The van der Waals surface area contributed by atoms with Gasteiger partial charge >= 0.3 is 29.6 Å². The summed E-state index contributed by atoms with van der Waals surface area (Å²) in [5.74, 6) is -0.0687. The first-order valence-corrected chi connectivity index (χ1v) is 10.2. The summed E-state index contributed by atoms with van der Waals surface area (Å²) in [6, 6.07) is 25.1. The largest absolute Gasteiger partial charge is 1.00 e. The third kappa shape index (κ3) is 7.69. The predicted molar refractivity (Wildman–Crippen MR) is 127 cm³/mol. The van der Waals surface area contributed by atoms with Gasteiger partial charge in [0.05, 0.1) is 26.9 Å². The molecule has 3 aromatic carbocycles. The number of nitrogens with one attached hydrogen (secondary N) is 1. The molecule has 1 aromatic heterocycles. The normalized spacial score (nSPS) is 9.84. The number of carboxylic acids is 1. The number of hydrogen-bond donors (Lipinski definition) is 2. The van der Waals surface area contributed by atoms with E-state index in [2.05, 4.69) is 16.4 Å². The van der Waals surface area contributed by atoms with Crippen molar-refractivity contribution in [3.05, 3.63) is 94.6 Å². The van der Waals surface area contributed by atoms with E-state index in [1.807, 2.05) is 60.7 Å². The summed E-state index contributed by atoms with van der Waals surface area (Å²) in [4.78, 5) is 13.6. The number of rotatable bonds is 5. The van der Waals surface area contributed by atoms with Crippen molar-refractivity contribution in [1.82, 2.24) is 4.98 Å². The van der Waals surface area contributed by atoms with Crippen LogP contribution in [0.5, 0.6) is 5.75 Å². The van der Waals surface area contributed by atoms with Gasteiger partial charge in [0.25, 0.3) is 5.97 Å². The van der Waals surface area contributed by atoms with Crippen LogP contribution < -0.4 is 39.6 Å². The minimum absolute atomic E-state index is 0. The number of nitrogens with zero attached hydrogens (tertiary/aromatic N) is 1. The number of ether oxygens (including phenoxy) is 1. The van der Waals surface area contributed by atoms with Crippen molar-refractivity contribution in [1.29, 1.82) is 0 Å². The van der Waals surface area contributed by atoms with Gasteiger partial charge in [-0.25, -0.2) is 4.98 Å². The Hall–Kier alpha value is -2.28. The zero-order chi connectivity index (χ0) is 22.2. The molecular weight excluding hydrogens is 458 g/mol. The summed E-state index contributed by atoms with van der Waals surface area (Å²) in [6.07, 6.45) is 0. The molecule has 32 heavy (non-hydrogen) atoms. The Morgan fingerprint density at radius 1 is 0.969 bits per heavy atom. The number of benzene rings is 3. The molecule has 5 nitrogen and oxygen atoms in total. The molecule has 0 saturated carbocycles. The number of aliphatic carboxylic acids is 1. The maximum Gasteiger partial charge on any atom is 1.00 e. The Morgan fingerprint density at radius 2 is 1.59 bits per heavy atom. The average molecular weight is 479 g/mol. The van der Waals surface area contributed by atoms with Crippen molar-refractivity contribution in [2.75, 3.05) is 5.32 Å². The SMILES string of the molecule is CC(=O)O.Clc1cccc(Cl)c1Nc1ccc(OCc2ccc3ccccc3n2)cc1.[H-].[Na+]. The third-order valence-corrected chi connectivity index (χ3v) is 4.76. The third-order valence-electron chi connectivity index (χ3n) is 4.13. The molecule has 1 heterocycles. The Kier molecular flexibility index (Phi) is 10.3. The number of carboxylic acid groups (broad SMARTS) is 1. The van der Waals surface area contributed by atoms with Crippen LogP contribution in [0.15, 0.2) is 78.9 Å². The maximum atomic E-state index is 9.00. The molecule has 160 valence electrons. The number of anilines is 2. The molecule has 0 amide bonds. The second kappa shape index (κ2) is 12.7. The van der Waals surface area contributed by atoms with Gasteiger partial charge in [0.2, 0.25) is 0 Å². The van der Waals surface area contributed by atoms with Crippen molar-refractivity contribution in [2.24, 2.45) is 0 Å². The summed E-state index contributed by atoms with van der Waals surface area (Å²) in [5, 5.41) is 12.9. The van der Waals surface area contributed by atoms with Crippen LogP contribution in [0.1, 0.15) is 14.0 Å². The Bertz CT molecular complexity index is 1170. The Morgan fingerprint density at radius 3 is 2.25 bits per heavy atom. The fourth-order valence-corrected chi connectivity index (χ4v) is 3.23. The van der Waals surface area contributed by atoms with E-state index in [9.17, 15) is 0 Å². The number of pyridine rings is 1. The van der Waals surface area contributed by atoms with Crippen molar-refractivity contribution < 1.29 is 45.6 Å². The van der Waals surface area contributed by atoms with Crippen molar-refractivity contribution in [3.8, 4) is 5.75 Å². The number of halogens is 2. The van der Waals surface area contributed by atoms with Crippen LogP contribution in [-0.2, 0) is 11.4 Å². The van der Waals surface area contributed by atoms with Crippen LogP contribution >= 0.6 is 23.2 Å². The second-order valence-electron chi connectivity index (χ2n) is 6.55. The molecule has 0 unspecified atom stereocenters.